The second-order valence-electron chi connectivity index (χ2n) is 4.66. The largest absolute Gasteiger partial charge is 0.308 e. The second kappa shape index (κ2) is 6.27. The molecule has 2 heterocycles. The van der Waals surface area contributed by atoms with E-state index in [9.17, 15) is 4.79 Å². The SMILES string of the molecule is CCc1cc(C(=O)Nc2nc(C)cc(C)n2)cc(NN)n1. The highest BCUT2D eigenvalue weighted by Gasteiger charge is 2.11. The number of pyridine rings is 1. The molecule has 110 valence electrons. The molecule has 0 saturated carbocycles. The number of hydrazine groups is 1. The number of anilines is 2. The van der Waals surface area contributed by atoms with Gasteiger partial charge in [-0.15, -0.1) is 0 Å². The van der Waals surface area contributed by atoms with Gasteiger partial charge in [-0.2, -0.15) is 0 Å². The molecule has 7 nitrogen and oxygen atoms in total. The molecule has 0 saturated heterocycles. The van der Waals surface area contributed by atoms with Crippen LogP contribution in [0.25, 0.3) is 0 Å². The number of nitrogens with one attached hydrogen (secondary N) is 2. The van der Waals surface area contributed by atoms with Crippen LogP contribution in [-0.2, 0) is 6.42 Å². The van der Waals surface area contributed by atoms with Crippen molar-refractivity contribution in [2.75, 3.05) is 10.7 Å². The molecule has 0 unspecified atom stereocenters. The Kier molecular flexibility index (Phi) is 4.44. The van der Waals surface area contributed by atoms with Crippen molar-refractivity contribution < 1.29 is 4.79 Å². The number of carbonyl (C=O) groups is 1. The molecule has 0 atom stereocenters. The summed E-state index contributed by atoms with van der Waals surface area (Å²) in [6.07, 6.45) is 0.704. The van der Waals surface area contributed by atoms with Crippen molar-refractivity contribution in [1.82, 2.24) is 15.0 Å². The predicted octanol–water partition coefficient (Wildman–Crippen LogP) is 1.59. The highest BCUT2D eigenvalue weighted by molar-refractivity contribution is 6.03. The van der Waals surface area contributed by atoms with Crippen molar-refractivity contribution in [1.29, 1.82) is 0 Å². The van der Waals surface area contributed by atoms with E-state index in [2.05, 4.69) is 25.7 Å². The summed E-state index contributed by atoms with van der Waals surface area (Å²) >= 11 is 0. The summed E-state index contributed by atoms with van der Waals surface area (Å²) in [5.41, 5.74) is 5.28. The lowest BCUT2D eigenvalue weighted by Crippen LogP contribution is -2.17. The molecule has 7 heteroatoms. The fraction of sp³-hybridized carbons (Fsp3) is 0.286. The third kappa shape index (κ3) is 3.73. The van der Waals surface area contributed by atoms with Gasteiger partial charge in [0.2, 0.25) is 5.95 Å². The number of nitrogens with zero attached hydrogens (tertiary/aromatic N) is 3. The summed E-state index contributed by atoms with van der Waals surface area (Å²) in [6.45, 7) is 5.65. The fourth-order valence-electron chi connectivity index (χ4n) is 1.93. The molecule has 0 aliphatic carbocycles. The van der Waals surface area contributed by atoms with Crippen LogP contribution in [0.2, 0.25) is 0 Å². The van der Waals surface area contributed by atoms with Crippen LogP contribution in [-0.4, -0.2) is 20.9 Å². The molecular formula is C14H18N6O. The van der Waals surface area contributed by atoms with Gasteiger partial charge in [0.05, 0.1) is 0 Å². The molecule has 2 rings (SSSR count). The summed E-state index contributed by atoms with van der Waals surface area (Å²) in [7, 11) is 0. The number of hydrogen-bond acceptors (Lipinski definition) is 6. The van der Waals surface area contributed by atoms with Gasteiger partial charge in [-0.25, -0.2) is 20.8 Å². The Hall–Kier alpha value is -2.54. The van der Waals surface area contributed by atoms with Gasteiger partial charge in [0, 0.05) is 22.6 Å². The van der Waals surface area contributed by atoms with E-state index in [1.54, 1.807) is 12.1 Å². The van der Waals surface area contributed by atoms with Gasteiger partial charge in [-0.3, -0.25) is 10.1 Å². The van der Waals surface area contributed by atoms with Gasteiger partial charge in [-0.05, 0) is 38.5 Å². The maximum Gasteiger partial charge on any atom is 0.258 e. The molecule has 0 aliphatic heterocycles. The molecule has 2 aromatic rings. The fourth-order valence-corrected chi connectivity index (χ4v) is 1.93. The summed E-state index contributed by atoms with van der Waals surface area (Å²) in [5.74, 6) is 5.80. The Bertz CT molecular complexity index is 628. The quantitative estimate of drug-likeness (QED) is 0.582. The van der Waals surface area contributed by atoms with Crippen molar-refractivity contribution in [3.63, 3.8) is 0 Å². The standard InChI is InChI=1S/C14H18N6O/c1-4-11-6-10(7-12(18-11)20-15)13(21)19-14-16-8(2)5-9(3)17-14/h5-7H,4,15H2,1-3H3,(H,18,20)(H,16,17,19,21). The van der Waals surface area contributed by atoms with Gasteiger partial charge in [0.25, 0.3) is 5.91 Å². The molecular weight excluding hydrogens is 268 g/mol. The summed E-state index contributed by atoms with van der Waals surface area (Å²) in [4.78, 5) is 24.9. The third-order valence-corrected chi connectivity index (χ3v) is 2.86. The summed E-state index contributed by atoms with van der Waals surface area (Å²) < 4.78 is 0. The van der Waals surface area contributed by atoms with E-state index >= 15 is 0 Å². The number of nitrogens with two attached hydrogens (primary N) is 1. The van der Waals surface area contributed by atoms with E-state index in [1.807, 2.05) is 26.8 Å². The Morgan fingerprint density at radius 2 is 1.81 bits per heavy atom. The summed E-state index contributed by atoms with van der Waals surface area (Å²) in [6, 6.07) is 5.14. The zero-order valence-electron chi connectivity index (χ0n) is 12.3. The Morgan fingerprint density at radius 3 is 2.38 bits per heavy atom. The first-order valence-electron chi connectivity index (χ1n) is 6.63. The van der Waals surface area contributed by atoms with Crippen LogP contribution in [0.5, 0.6) is 0 Å². The molecule has 1 amide bonds. The van der Waals surface area contributed by atoms with E-state index in [-0.39, 0.29) is 11.9 Å². The van der Waals surface area contributed by atoms with Crippen molar-refractivity contribution >= 4 is 17.7 Å². The predicted molar refractivity (Wildman–Crippen MR) is 80.9 cm³/mol. The number of nitrogen functional groups attached to an aromatic ring is 1. The van der Waals surface area contributed by atoms with Crippen LogP contribution in [0, 0.1) is 13.8 Å². The number of rotatable bonds is 4. The number of amides is 1. The van der Waals surface area contributed by atoms with Crippen molar-refractivity contribution in [2.45, 2.75) is 27.2 Å². The first-order chi connectivity index (χ1) is 10.0. The van der Waals surface area contributed by atoms with Crippen LogP contribution >= 0.6 is 0 Å². The Labute approximate surface area is 123 Å². The molecule has 0 spiro atoms. The van der Waals surface area contributed by atoms with E-state index < -0.39 is 0 Å². The van der Waals surface area contributed by atoms with Gasteiger partial charge in [0.15, 0.2) is 0 Å². The average Bonchev–Trinajstić information content (AvgIpc) is 2.45. The lowest BCUT2D eigenvalue weighted by molar-refractivity contribution is 0.102. The number of hydrogen-bond donors (Lipinski definition) is 3. The third-order valence-electron chi connectivity index (χ3n) is 2.86. The smallest absolute Gasteiger partial charge is 0.258 e. The molecule has 0 aromatic carbocycles. The van der Waals surface area contributed by atoms with Crippen LogP contribution < -0.4 is 16.6 Å². The number of aromatic nitrogens is 3. The molecule has 2 aromatic heterocycles. The second-order valence-corrected chi connectivity index (χ2v) is 4.66. The monoisotopic (exact) mass is 286 g/mol. The van der Waals surface area contributed by atoms with Crippen molar-refractivity contribution in [3.8, 4) is 0 Å². The zero-order valence-corrected chi connectivity index (χ0v) is 12.3. The van der Waals surface area contributed by atoms with Gasteiger partial charge >= 0.3 is 0 Å². The van der Waals surface area contributed by atoms with E-state index in [0.717, 1.165) is 17.1 Å². The minimum atomic E-state index is -0.298. The van der Waals surface area contributed by atoms with Gasteiger partial charge < -0.3 is 5.43 Å². The minimum absolute atomic E-state index is 0.287. The lowest BCUT2D eigenvalue weighted by Gasteiger charge is -2.08. The van der Waals surface area contributed by atoms with E-state index in [1.165, 1.54) is 0 Å². The lowest BCUT2D eigenvalue weighted by atomic mass is 10.2. The zero-order chi connectivity index (χ0) is 15.4. The maximum atomic E-state index is 12.3. The van der Waals surface area contributed by atoms with E-state index in [4.69, 9.17) is 5.84 Å². The Morgan fingerprint density at radius 1 is 1.14 bits per heavy atom. The maximum absolute atomic E-state index is 12.3. The van der Waals surface area contributed by atoms with Crippen molar-refractivity contribution in [3.05, 3.63) is 40.8 Å². The van der Waals surface area contributed by atoms with Crippen LogP contribution in [0.3, 0.4) is 0 Å². The number of carbonyl (C=O) groups excluding carboxylic acids is 1. The minimum Gasteiger partial charge on any atom is -0.308 e. The molecule has 0 bridgehead atoms. The topological polar surface area (TPSA) is 106 Å². The van der Waals surface area contributed by atoms with Gasteiger partial charge in [-0.1, -0.05) is 6.92 Å². The normalized spacial score (nSPS) is 10.3. The highest BCUT2D eigenvalue weighted by atomic mass is 16.1. The van der Waals surface area contributed by atoms with Crippen LogP contribution in [0.15, 0.2) is 18.2 Å². The average molecular weight is 286 g/mol. The van der Waals surface area contributed by atoms with E-state index in [0.29, 0.717) is 17.8 Å². The summed E-state index contributed by atoms with van der Waals surface area (Å²) in [5, 5.41) is 2.68. The molecule has 0 fully saturated rings. The Balaban J connectivity index is 2.27. The molecule has 4 N–H and O–H groups in total. The molecule has 21 heavy (non-hydrogen) atoms. The molecule has 0 aliphatic rings. The first-order valence-corrected chi connectivity index (χ1v) is 6.63. The van der Waals surface area contributed by atoms with Crippen molar-refractivity contribution in [2.24, 2.45) is 5.84 Å². The van der Waals surface area contributed by atoms with Gasteiger partial charge in [0.1, 0.15) is 5.82 Å². The van der Waals surface area contributed by atoms with Crippen LogP contribution in [0.1, 0.15) is 34.4 Å². The molecule has 0 radical (unpaired) electrons. The highest BCUT2D eigenvalue weighted by Crippen LogP contribution is 2.12. The number of aryl methyl sites for hydroxylation is 3. The van der Waals surface area contributed by atoms with Crippen LogP contribution in [0.4, 0.5) is 11.8 Å². The first kappa shape index (κ1) is 14.9.